The van der Waals surface area contributed by atoms with Crippen LogP contribution in [0.15, 0.2) is 22.7 Å². The highest BCUT2D eigenvalue weighted by atomic mass is 32.2. The molecule has 0 saturated heterocycles. The highest BCUT2D eigenvalue weighted by Crippen LogP contribution is 2.24. The molecule has 0 atom stereocenters. The summed E-state index contributed by atoms with van der Waals surface area (Å²) in [6, 6.07) is 4.12. The molecule has 1 saturated carbocycles. The van der Waals surface area contributed by atoms with Gasteiger partial charge in [0.15, 0.2) is 0 Å². The molecule has 3 rings (SSSR count). The Labute approximate surface area is 151 Å². The summed E-state index contributed by atoms with van der Waals surface area (Å²) in [6.07, 6.45) is 7.26. The maximum atomic E-state index is 12.3. The van der Waals surface area contributed by atoms with E-state index in [0.29, 0.717) is 16.8 Å². The van der Waals surface area contributed by atoms with Gasteiger partial charge in [-0.05, 0) is 30.2 Å². The summed E-state index contributed by atoms with van der Waals surface area (Å²) in [7, 11) is 1.91. The zero-order chi connectivity index (χ0) is 16.8. The highest BCUT2D eigenvalue weighted by Gasteiger charge is 2.18. The van der Waals surface area contributed by atoms with E-state index < -0.39 is 0 Å². The summed E-state index contributed by atoms with van der Waals surface area (Å²) >= 11 is 3.12. The fraction of sp³-hybridized carbons (Fsp3) is 0.588. The number of thioether (sulfide) groups is 1. The fourth-order valence-corrected chi connectivity index (χ4v) is 4.56. The van der Waals surface area contributed by atoms with Gasteiger partial charge in [-0.25, -0.2) is 4.98 Å². The van der Waals surface area contributed by atoms with Crippen LogP contribution < -0.4 is 0 Å². The standard InChI is InChI=1S/C17H24N4OS2/c1-21(11-13-6-3-2-4-7-13)16(22)12-24-17-18-15(19-20-17)10-14-8-5-9-23-14/h5,8-9,13H,2-4,6-7,10-12H2,1H3,(H,18,19,20). The number of hydrogen-bond acceptors (Lipinski definition) is 5. The molecule has 0 aliphatic heterocycles. The van der Waals surface area contributed by atoms with Crippen molar-refractivity contribution in [2.45, 2.75) is 43.7 Å². The minimum absolute atomic E-state index is 0.162. The van der Waals surface area contributed by atoms with Crippen molar-refractivity contribution in [3.05, 3.63) is 28.2 Å². The molecule has 0 radical (unpaired) electrons. The molecule has 1 aliphatic rings. The van der Waals surface area contributed by atoms with Crippen molar-refractivity contribution in [3.8, 4) is 0 Å². The van der Waals surface area contributed by atoms with Gasteiger partial charge in [0.1, 0.15) is 5.82 Å². The second kappa shape index (κ2) is 8.67. The maximum absolute atomic E-state index is 12.3. The van der Waals surface area contributed by atoms with Crippen LogP contribution >= 0.6 is 23.1 Å². The van der Waals surface area contributed by atoms with Crippen LogP contribution in [0.2, 0.25) is 0 Å². The van der Waals surface area contributed by atoms with Gasteiger partial charge in [-0.2, -0.15) is 0 Å². The van der Waals surface area contributed by atoms with Crippen LogP contribution in [0, 0.1) is 5.92 Å². The molecule has 130 valence electrons. The Morgan fingerprint density at radius 1 is 1.42 bits per heavy atom. The van der Waals surface area contributed by atoms with Crippen molar-refractivity contribution in [3.63, 3.8) is 0 Å². The molecule has 2 heterocycles. The third-order valence-corrected chi connectivity index (χ3v) is 6.15. The monoisotopic (exact) mass is 364 g/mol. The van der Waals surface area contributed by atoms with Crippen molar-refractivity contribution in [1.29, 1.82) is 0 Å². The first-order valence-corrected chi connectivity index (χ1v) is 10.4. The van der Waals surface area contributed by atoms with Crippen LogP contribution in [-0.2, 0) is 11.2 Å². The van der Waals surface area contributed by atoms with Gasteiger partial charge in [0.25, 0.3) is 0 Å². The minimum Gasteiger partial charge on any atom is -0.345 e. The van der Waals surface area contributed by atoms with Crippen LogP contribution in [0.5, 0.6) is 0 Å². The average Bonchev–Trinajstić information content (AvgIpc) is 3.26. The normalized spacial score (nSPS) is 15.5. The number of thiophene rings is 1. The number of nitrogens with zero attached hydrogens (tertiary/aromatic N) is 3. The van der Waals surface area contributed by atoms with E-state index in [1.54, 1.807) is 11.3 Å². The zero-order valence-electron chi connectivity index (χ0n) is 14.0. The van der Waals surface area contributed by atoms with E-state index in [0.717, 1.165) is 18.8 Å². The lowest BCUT2D eigenvalue weighted by Crippen LogP contribution is -2.33. The van der Waals surface area contributed by atoms with Crippen molar-refractivity contribution in [1.82, 2.24) is 20.1 Å². The number of rotatable bonds is 7. The fourth-order valence-electron chi connectivity index (χ4n) is 3.09. The molecular weight excluding hydrogens is 340 g/mol. The maximum Gasteiger partial charge on any atom is 0.232 e. The van der Waals surface area contributed by atoms with Crippen molar-refractivity contribution >= 4 is 29.0 Å². The molecule has 2 aromatic rings. The Kier molecular flexibility index (Phi) is 6.31. The third kappa shape index (κ3) is 5.08. The minimum atomic E-state index is 0.162. The Hall–Kier alpha value is -1.34. The number of carbonyl (C=O) groups excluding carboxylic acids is 1. The molecule has 0 unspecified atom stereocenters. The van der Waals surface area contributed by atoms with Crippen molar-refractivity contribution in [2.75, 3.05) is 19.3 Å². The first-order chi connectivity index (χ1) is 11.7. The predicted molar refractivity (Wildman–Crippen MR) is 98.4 cm³/mol. The van der Waals surface area contributed by atoms with Gasteiger partial charge in [0.05, 0.1) is 5.75 Å². The van der Waals surface area contributed by atoms with E-state index in [1.807, 2.05) is 18.0 Å². The zero-order valence-corrected chi connectivity index (χ0v) is 15.7. The first kappa shape index (κ1) is 17.5. The number of aromatic amines is 1. The van der Waals surface area contributed by atoms with Gasteiger partial charge in [-0.1, -0.05) is 37.1 Å². The van der Waals surface area contributed by atoms with Crippen LogP contribution in [-0.4, -0.2) is 45.3 Å². The highest BCUT2D eigenvalue weighted by molar-refractivity contribution is 7.99. The number of aromatic nitrogens is 3. The Morgan fingerprint density at radius 3 is 3.00 bits per heavy atom. The Morgan fingerprint density at radius 2 is 2.25 bits per heavy atom. The van der Waals surface area contributed by atoms with Crippen LogP contribution in [0.1, 0.15) is 42.8 Å². The van der Waals surface area contributed by atoms with E-state index in [-0.39, 0.29) is 5.91 Å². The molecule has 0 aromatic carbocycles. The van der Waals surface area contributed by atoms with Crippen molar-refractivity contribution in [2.24, 2.45) is 5.92 Å². The SMILES string of the molecule is CN(CC1CCCCC1)C(=O)CSc1n[nH]c(Cc2cccs2)n1. The van der Waals surface area contributed by atoms with Gasteiger partial charge in [-0.3, -0.25) is 9.89 Å². The first-order valence-electron chi connectivity index (χ1n) is 8.51. The van der Waals surface area contributed by atoms with Gasteiger partial charge in [0.2, 0.25) is 11.1 Å². The van der Waals surface area contributed by atoms with Crippen molar-refractivity contribution < 1.29 is 4.79 Å². The van der Waals surface area contributed by atoms with Crippen LogP contribution in [0.4, 0.5) is 0 Å². The lowest BCUT2D eigenvalue weighted by Gasteiger charge is -2.26. The average molecular weight is 365 g/mol. The van der Waals surface area contributed by atoms with E-state index in [1.165, 1.54) is 48.7 Å². The molecule has 7 heteroatoms. The summed E-state index contributed by atoms with van der Waals surface area (Å²) in [4.78, 5) is 19.9. The lowest BCUT2D eigenvalue weighted by atomic mass is 9.89. The van der Waals surface area contributed by atoms with E-state index in [2.05, 4.69) is 26.6 Å². The number of nitrogens with one attached hydrogen (secondary N) is 1. The molecule has 24 heavy (non-hydrogen) atoms. The van der Waals surface area contributed by atoms with Gasteiger partial charge in [0, 0.05) is 24.9 Å². The molecule has 0 bridgehead atoms. The topological polar surface area (TPSA) is 61.9 Å². The van der Waals surface area contributed by atoms with E-state index in [4.69, 9.17) is 0 Å². The lowest BCUT2D eigenvalue weighted by molar-refractivity contribution is -0.127. The predicted octanol–water partition coefficient (Wildman–Crippen LogP) is 3.59. The molecule has 0 spiro atoms. The van der Waals surface area contributed by atoms with E-state index >= 15 is 0 Å². The van der Waals surface area contributed by atoms with Gasteiger partial charge < -0.3 is 4.90 Å². The smallest absolute Gasteiger partial charge is 0.232 e. The summed E-state index contributed by atoms with van der Waals surface area (Å²) in [5.74, 6) is 2.09. The second-order valence-corrected chi connectivity index (χ2v) is 8.36. The number of H-pyrrole nitrogens is 1. The second-order valence-electron chi connectivity index (χ2n) is 6.39. The van der Waals surface area contributed by atoms with E-state index in [9.17, 15) is 4.79 Å². The number of amides is 1. The largest absolute Gasteiger partial charge is 0.345 e. The summed E-state index contributed by atoms with van der Waals surface area (Å²) in [5.41, 5.74) is 0. The number of carbonyl (C=O) groups is 1. The number of hydrogen-bond donors (Lipinski definition) is 1. The molecule has 1 aliphatic carbocycles. The summed E-state index contributed by atoms with van der Waals surface area (Å²) in [6.45, 7) is 0.886. The summed E-state index contributed by atoms with van der Waals surface area (Å²) < 4.78 is 0. The molecule has 2 aromatic heterocycles. The molecule has 1 N–H and O–H groups in total. The van der Waals surface area contributed by atoms with Gasteiger partial charge >= 0.3 is 0 Å². The Bertz CT molecular complexity index is 635. The molecular formula is C17H24N4OS2. The quantitative estimate of drug-likeness (QED) is 0.763. The van der Waals surface area contributed by atoms with Crippen LogP contribution in [0.3, 0.4) is 0 Å². The van der Waals surface area contributed by atoms with Crippen LogP contribution in [0.25, 0.3) is 0 Å². The molecule has 1 amide bonds. The summed E-state index contributed by atoms with van der Waals surface area (Å²) in [5, 5.41) is 9.88. The molecule has 5 nitrogen and oxygen atoms in total. The third-order valence-electron chi connectivity index (χ3n) is 4.44. The van der Waals surface area contributed by atoms with Gasteiger partial charge in [-0.15, -0.1) is 16.4 Å². The molecule has 1 fully saturated rings. The Balaban J connectivity index is 1.43.